The van der Waals surface area contributed by atoms with Crippen LogP contribution >= 0.6 is 44.1 Å². The lowest BCUT2D eigenvalue weighted by Crippen LogP contribution is -2.12. The molecule has 0 bridgehead atoms. The van der Waals surface area contributed by atoms with Crippen LogP contribution in [0.3, 0.4) is 0 Å². The van der Waals surface area contributed by atoms with Crippen molar-refractivity contribution in [1.29, 1.82) is 0 Å². The molecule has 2 rings (SSSR count). The molecule has 2 nitrogen and oxygen atoms in total. The van der Waals surface area contributed by atoms with E-state index < -0.39 is 0 Å². The summed E-state index contributed by atoms with van der Waals surface area (Å²) in [5.41, 5.74) is 8.75. The monoisotopic (exact) mass is 416 g/mol. The predicted octanol–water partition coefficient (Wildman–Crippen LogP) is 5.04. The highest BCUT2D eigenvalue weighted by Crippen LogP contribution is 2.29. The Hall–Kier alpha value is -0.980. The lowest BCUT2D eigenvalue weighted by Gasteiger charge is -2.14. The molecule has 2 aromatic rings. The summed E-state index contributed by atoms with van der Waals surface area (Å²) >= 11 is 11.6. The maximum Gasteiger partial charge on any atom is 0.139 e. The third-order valence-electron chi connectivity index (χ3n) is 2.78. The number of aryl methyl sites for hydroxylation is 1. The van der Waals surface area contributed by atoms with Crippen LogP contribution in [0, 0.1) is 12.7 Å². The van der Waals surface area contributed by atoms with Gasteiger partial charge in [0.15, 0.2) is 0 Å². The van der Waals surface area contributed by atoms with E-state index in [4.69, 9.17) is 18.0 Å². The van der Waals surface area contributed by atoms with Crippen LogP contribution in [0.25, 0.3) is 0 Å². The zero-order chi connectivity index (χ0) is 14.9. The van der Waals surface area contributed by atoms with Crippen molar-refractivity contribution in [3.8, 4) is 0 Å². The molecule has 2 aromatic carbocycles. The second-order valence-corrected chi connectivity index (χ2v) is 6.47. The first-order valence-corrected chi connectivity index (χ1v) is 7.70. The second kappa shape index (κ2) is 6.20. The minimum Gasteiger partial charge on any atom is -0.389 e. The average Bonchev–Trinajstić information content (AvgIpc) is 2.37. The molecule has 0 amide bonds. The Morgan fingerprint density at radius 3 is 2.55 bits per heavy atom. The van der Waals surface area contributed by atoms with Crippen molar-refractivity contribution >= 4 is 60.4 Å². The number of rotatable bonds is 3. The van der Waals surface area contributed by atoms with Crippen LogP contribution in [0.4, 0.5) is 15.8 Å². The second-order valence-electron chi connectivity index (χ2n) is 4.26. The molecule has 104 valence electrons. The molecule has 0 fully saturated rings. The number of anilines is 2. The summed E-state index contributed by atoms with van der Waals surface area (Å²) in [6, 6.07) is 8.70. The molecule has 0 aliphatic carbocycles. The largest absolute Gasteiger partial charge is 0.389 e. The van der Waals surface area contributed by atoms with Gasteiger partial charge in [-0.3, -0.25) is 0 Å². The fourth-order valence-corrected chi connectivity index (χ4v) is 2.74. The van der Waals surface area contributed by atoms with Crippen LogP contribution in [0.2, 0.25) is 0 Å². The zero-order valence-corrected chi connectivity index (χ0v) is 14.5. The Bertz CT molecular complexity index is 689. The Morgan fingerprint density at radius 1 is 1.20 bits per heavy atom. The van der Waals surface area contributed by atoms with Crippen molar-refractivity contribution in [3.63, 3.8) is 0 Å². The maximum absolute atomic E-state index is 13.6. The summed E-state index contributed by atoms with van der Waals surface area (Å²) in [7, 11) is 0. The van der Waals surface area contributed by atoms with Crippen molar-refractivity contribution in [1.82, 2.24) is 0 Å². The van der Waals surface area contributed by atoms with E-state index in [1.807, 2.05) is 25.1 Å². The van der Waals surface area contributed by atoms with Crippen LogP contribution in [0.5, 0.6) is 0 Å². The van der Waals surface area contributed by atoms with Gasteiger partial charge in [-0.25, -0.2) is 4.39 Å². The van der Waals surface area contributed by atoms with Crippen LogP contribution in [0.15, 0.2) is 39.3 Å². The number of hydrogen-bond donors (Lipinski definition) is 2. The first kappa shape index (κ1) is 15.4. The van der Waals surface area contributed by atoms with Crippen LogP contribution < -0.4 is 11.1 Å². The Balaban J connectivity index is 2.45. The third kappa shape index (κ3) is 3.37. The molecule has 0 aliphatic rings. The third-order valence-corrected chi connectivity index (χ3v) is 4.10. The van der Waals surface area contributed by atoms with Gasteiger partial charge < -0.3 is 11.1 Å². The Morgan fingerprint density at radius 2 is 1.90 bits per heavy atom. The van der Waals surface area contributed by atoms with Gasteiger partial charge in [0.2, 0.25) is 0 Å². The summed E-state index contributed by atoms with van der Waals surface area (Å²) in [6.07, 6.45) is 0. The molecule has 3 N–H and O–H groups in total. The van der Waals surface area contributed by atoms with Gasteiger partial charge in [-0.15, -0.1) is 0 Å². The maximum atomic E-state index is 13.6. The van der Waals surface area contributed by atoms with E-state index in [0.717, 1.165) is 15.7 Å². The zero-order valence-electron chi connectivity index (χ0n) is 10.5. The average molecular weight is 418 g/mol. The molecule has 0 heterocycles. The van der Waals surface area contributed by atoms with Gasteiger partial charge in [0.1, 0.15) is 10.8 Å². The molecule has 20 heavy (non-hydrogen) atoms. The minimum atomic E-state index is -0.327. The van der Waals surface area contributed by atoms with Crippen molar-refractivity contribution in [2.45, 2.75) is 6.92 Å². The van der Waals surface area contributed by atoms with Gasteiger partial charge in [-0.1, -0.05) is 28.1 Å². The molecule has 0 aliphatic heterocycles. The predicted molar refractivity (Wildman–Crippen MR) is 92.1 cm³/mol. The fourth-order valence-electron chi connectivity index (χ4n) is 1.76. The number of nitrogens with two attached hydrogens (primary N) is 1. The summed E-state index contributed by atoms with van der Waals surface area (Å²) in [4.78, 5) is 0.282. The SMILES string of the molecule is Cc1cc(Br)c(F)cc1Nc1ccc(Br)cc1C(N)=S. The molecule has 0 unspecified atom stereocenters. The quantitative estimate of drug-likeness (QED) is 0.687. The lowest BCUT2D eigenvalue weighted by molar-refractivity contribution is 0.621. The molecule has 0 spiro atoms. The van der Waals surface area contributed by atoms with Gasteiger partial charge >= 0.3 is 0 Å². The number of halogens is 3. The highest BCUT2D eigenvalue weighted by molar-refractivity contribution is 9.10. The van der Waals surface area contributed by atoms with E-state index in [-0.39, 0.29) is 10.8 Å². The summed E-state index contributed by atoms with van der Waals surface area (Å²) < 4.78 is 15.0. The molecule has 0 saturated carbocycles. The van der Waals surface area contributed by atoms with Gasteiger partial charge in [-0.05, 0) is 58.7 Å². The van der Waals surface area contributed by atoms with Crippen molar-refractivity contribution in [2.75, 3.05) is 5.32 Å². The van der Waals surface area contributed by atoms with E-state index in [2.05, 4.69) is 37.2 Å². The Labute approximate surface area is 138 Å². The summed E-state index contributed by atoms with van der Waals surface area (Å²) in [5, 5.41) is 3.17. The first-order valence-electron chi connectivity index (χ1n) is 5.70. The van der Waals surface area contributed by atoms with Crippen molar-refractivity contribution in [2.24, 2.45) is 5.73 Å². The molecule has 0 atom stereocenters. The smallest absolute Gasteiger partial charge is 0.139 e. The van der Waals surface area contributed by atoms with Crippen LogP contribution in [0.1, 0.15) is 11.1 Å². The molecule has 0 saturated heterocycles. The van der Waals surface area contributed by atoms with Gasteiger partial charge in [0.05, 0.1) is 4.47 Å². The Kier molecular flexibility index (Phi) is 4.78. The van der Waals surface area contributed by atoms with Crippen molar-refractivity contribution < 1.29 is 4.39 Å². The molecule has 0 aromatic heterocycles. The number of nitrogens with one attached hydrogen (secondary N) is 1. The van der Waals surface area contributed by atoms with Crippen LogP contribution in [-0.2, 0) is 0 Å². The van der Waals surface area contributed by atoms with Crippen LogP contribution in [-0.4, -0.2) is 4.99 Å². The standard InChI is InChI=1S/C14H11Br2FN2S/c1-7-4-10(16)11(17)6-13(7)19-12-3-2-8(15)5-9(12)14(18)20/h2-6,19H,1H3,(H2,18,20). The molecular formula is C14H11Br2FN2S. The van der Waals surface area contributed by atoms with Gasteiger partial charge in [0, 0.05) is 21.4 Å². The molecular weight excluding hydrogens is 407 g/mol. The van der Waals surface area contributed by atoms with E-state index in [0.29, 0.717) is 15.7 Å². The van der Waals surface area contributed by atoms with Gasteiger partial charge in [-0.2, -0.15) is 0 Å². The molecule has 6 heteroatoms. The normalized spacial score (nSPS) is 10.4. The summed E-state index contributed by atoms with van der Waals surface area (Å²) in [6.45, 7) is 1.89. The van der Waals surface area contributed by atoms with Crippen molar-refractivity contribution in [3.05, 3.63) is 56.2 Å². The van der Waals surface area contributed by atoms with Gasteiger partial charge in [0.25, 0.3) is 0 Å². The van der Waals surface area contributed by atoms with E-state index >= 15 is 0 Å². The highest BCUT2D eigenvalue weighted by Gasteiger charge is 2.10. The number of thiocarbonyl (C=S) groups is 1. The fraction of sp³-hybridized carbons (Fsp3) is 0.0714. The highest BCUT2D eigenvalue weighted by atomic mass is 79.9. The minimum absolute atomic E-state index is 0.282. The lowest BCUT2D eigenvalue weighted by atomic mass is 10.1. The first-order chi connectivity index (χ1) is 9.38. The van der Waals surface area contributed by atoms with E-state index in [1.165, 1.54) is 6.07 Å². The van der Waals surface area contributed by atoms with E-state index in [9.17, 15) is 4.39 Å². The number of hydrogen-bond acceptors (Lipinski definition) is 2. The topological polar surface area (TPSA) is 38.0 Å². The summed E-state index contributed by atoms with van der Waals surface area (Å²) in [5.74, 6) is -0.327. The molecule has 0 radical (unpaired) electrons. The van der Waals surface area contributed by atoms with E-state index in [1.54, 1.807) is 6.07 Å². The number of benzene rings is 2.